The fourth-order valence-corrected chi connectivity index (χ4v) is 3.21. The molecule has 0 radical (unpaired) electrons. The fourth-order valence-electron chi connectivity index (χ4n) is 3.08. The van der Waals surface area contributed by atoms with Crippen molar-refractivity contribution >= 4 is 17.2 Å². The Labute approximate surface area is 158 Å². The average Bonchev–Trinajstić information content (AvgIpc) is 3.31. The van der Waals surface area contributed by atoms with Crippen molar-refractivity contribution in [3.8, 4) is 17.4 Å². The zero-order chi connectivity index (χ0) is 18.4. The topological polar surface area (TPSA) is 109 Å². The Hall–Kier alpha value is -3.01. The zero-order valence-electron chi connectivity index (χ0n) is 14.4. The Balaban J connectivity index is 1.55. The third kappa shape index (κ3) is 2.91. The van der Waals surface area contributed by atoms with Gasteiger partial charge in [0, 0.05) is 18.7 Å². The van der Waals surface area contributed by atoms with Gasteiger partial charge in [0.1, 0.15) is 12.3 Å². The molecule has 11 heteroatoms. The molecule has 0 aromatic carbocycles. The van der Waals surface area contributed by atoms with Crippen LogP contribution in [0.4, 0.5) is 0 Å². The number of aromatic nitrogens is 8. The lowest BCUT2D eigenvalue weighted by molar-refractivity contribution is 0.272. The molecule has 0 atom stereocenters. The Bertz CT molecular complexity index is 1110. The molecule has 4 heterocycles. The first-order valence-corrected chi connectivity index (χ1v) is 8.92. The quantitative estimate of drug-likeness (QED) is 0.514. The summed E-state index contributed by atoms with van der Waals surface area (Å²) in [6.07, 6.45) is 5.23. The van der Waals surface area contributed by atoms with E-state index in [0.29, 0.717) is 29.0 Å². The summed E-state index contributed by atoms with van der Waals surface area (Å²) in [4.78, 5) is 0. The second-order valence-electron chi connectivity index (χ2n) is 6.51. The summed E-state index contributed by atoms with van der Waals surface area (Å²) in [6, 6.07) is 3.54. The van der Waals surface area contributed by atoms with Crippen LogP contribution in [0, 0.1) is 0 Å². The maximum Gasteiger partial charge on any atom is 0.235 e. The molecule has 0 unspecified atom stereocenters. The molecule has 0 N–H and O–H groups in total. The monoisotopic (exact) mass is 386 g/mol. The number of rotatable bonds is 5. The van der Waals surface area contributed by atoms with Gasteiger partial charge in [0.05, 0.1) is 6.20 Å². The van der Waals surface area contributed by atoms with Crippen LogP contribution >= 0.6 is 11.6 Å². The van der Waals surface area contributed by atoms with Gasteiger partial charge < -0.3 is 9.26 Å². The minimum Gasteiger partial charge on any atom is -0.470 e. The average molecular weight is 387 g/mol. The first kappa shape index (κ1) is 16.2. The fraction of sp³-hybridized carbons (Fsp3) is 0.375. The Morgan fingerprint density at radius 1 is 1.26 bits per heavy atom. The summed E-state index contributed by atoms with van der Waals surface area (Å²) >= 11 is 5.83. The van der Waals surface area contributed by atoms with E-state index in [9.17, 15) is 0 Å². The largest absolute Gasteiger partial charge is 0.470 e. The van der Waals surface area contributed by atoms with Crippen LogP contribution in [0.15, 0.2) is 22.9 Å². The molecule has 0 aliphatic heterocycles. The van der Waals surface area contributed by atoms with Gasteiger partial charge in [-0.2, -0.15) is 4.52 Å². The highest BCUT2D eigenvalue weighted by molar-refractivity contribution is 6.29. The number of aryl methyl sites for hydroxylation is 1. The summed E-state index contributed by atoms with van der Waals surface area (Å²) in [5.41, 5.74) is 2.84. The Kier molecular flexibility index (Phi) is 3.78. The Morgan fingerprint density at radius 2 is 2.15 bits per heavy atom. The van der Waals surface area contributed by atoms with Crippen molar-refractivity contribution in [2.45, 2.75) is 31.8 Å². The maximum atomic E-state index is 5.99. The van der Waals surface area contributed by atoms with E-state index in [1.54, 1.807) is 15.3 Å². The molecular weight excluding hydrogens is 372 g/mol. The van der Waals surface area contributed by atoms with Crippen molar-refractivity contribution in [3.05, 3.63) is 34.8 Å². The number of hydrogen-bond acceptors (Lipinski definition) is 8. The van der Waals surface area contributed by atoms with E-state index in [0.717, 1.165) is 24.1 Å². The van der Waals surface area contributed by atoms with Gasteiger partial charge in [-0.1, -0.05) is 16.8 Å². The van der Waals surface area contributed by atoms with Crippen molar-refractivity contribution < 1.29 is 9.26 Å². The van der Waals surface area contributed by atoms with E-state index >= 15 is 0 Å². The highest BCUT2D eigenvalue weighted by Crippen LogP contribution is 2.40. The van der Waals surface area contributed by atoms with Gasteiger partial charge in [0.2, 0.25) is 16.9 Å². The van der Waals surface area contributed by atoms with Crippen LogP contribution in [0.5, 0.6) is 5.88 Å². The molecular formula is C16H15ClN8O2. The summed E-state index contributed by atoms with van der Waals surface area (Å²) < 4.78 is 14.1. The molecule has 0 saturated heterocycles. The lowest BCUT2D eigenvalue weighted by Gasteiger charge is -2.26. The molecule has 1 aliphatic carbocycles. The van der Waals surface area contributed by atoms with E-state index in [-0.39, 0.29) is 11.8 Å². The summed E-state index contributed by atoms with van der Waals surface area (Å²) in [7, 11) is 1.81. The molecule has 0 amide bonds. The molecule has 138 valence electrons. The summed E-state index contributed by atoms with van der Waals surface area (Å²) in [5.74, 6) is 1.39. The maximum absolute atomic E-state index is 5.99. The molecule has 27 heavy (non-hydrogen) atoms. The van der Waals surface area contributed by atoms with Crippen molar-refractivity contribution in [2.24, 2.45) is 7.05 Å². The molecule has 1 aliphatic rings. The van der Waals surface area contributed by atoms with E-state index in [1.165, 1.54) is 6.42 Å². The normalized spacial score (nSPS) is 14.6. The molecule has 1 fully saturated rings. The third-order valence-electron chi connectivity index (χ3n) is 4.65. The van der Waals surface area contributed by atoms with Crippen LogP contribution in [-0.4, -0.2) is 40.0 Å². The lowest BCUT2D eigenvalue weighted by atomic mass is 9.80. The highest BCUT2D eigenvalue weighted by atomic mass is 35.5. The van der Waals surface area contributed by atoms with Crippen LogP contribution in [0.3, 0.4) is 0 Å². The first-order chi connectivity index (χ1) is 13.2. The van der Waals surface area contributed by atoms with Gasteiger partial charge in [-0.05, 0) is 36.4 Å². The molecule has 0 spiro atoms. The molecule has 0 bridgehead atoms. The number of ether oxygens (including phenoxy) is 1. The van der Waals surface area contributed by atoms with Crippen LogP contribution in [0.25, 0.3) is 17.2 Å². The van der Waals surface area contributed by atoms with E-state index in [1.807, 2.05) is 19.3 Å². The molecule has 4 aromatic rings. The lowest BCUT2D eigenvalue weighted by Crippen LogP contribution is -2.13. The van der Waals surface area contributed by atoms with Crippen molar-refractivity contribution in [3.63, 3.8) is 0 Å². The Morgan fingerprint density at radius 3 is 2.81 bits per heavy atom. The number of halogens is 1. The zero-order valence-corrected chi connectivity index (χ0v) is 15.2. The highest BCUT2D eigenvalue weighted by Gasteiger charge is 2.26. The third-order valence-corrected chi connectivity index (χ3v) is 4.83. The predicted octanol–water partition coefficient (Wildman–Crippen LogP) is 2.41. The van der Waals surface area contributed by atoms with Crippen LogP contribution in [0.2, 0.25) is 5.22 Å². The van der Waals surface area contributed by atoms with E-state index in [4.69, 9.17) is 20.9 Å². The van der Waals surface area contributed by atoms with Gasteiger partial charge >= 0.3 is 0 Å². The minimum atomic E-state index is 0.173. The number of hydrogen-bond donors (Lipinski definition) is 0. The van der Waals surface area contributed by atoms with Crippen molar-refractivity contribution in [2.75, 3.05) is 0 Å². The summed E-state index contributed by atoms with van der Waals surface area (Å²) in [5, 5.41) is 25.1. The van der Waals surface area contributed by atoms with E-state index < -0.39 is 0 Å². The van der Waals surface area contributed by atoms with Crippen molar-refractivity contribution in [1.82, 2.24) is 40.0 Å². The minimum absolute atomic E-state index is 0.173. The molecule has 5 rings (SSSR count). The molecule has 1 saturated carbocycles. The number of nitrogens with zero attached hydrogens (tertiary/aromatic N) is 8. The van der Waals surface area contributed by atoms with Gasteiger partial charge in [0.15, 0.2) is 11.3 Å². The van der Waals surface area contributed by atoms with Gasteiger partial charge in [0.25, 0.3) is 0 Å². The van der Waals surface area contributed by atoms with Crippen LogP contribution in [-0.2, 0) is 13.7 Å². The molecule has 4 aromatic heterocycles. The van der Waals surface area contributed by atoms with E-state index in [2.05, 4.69) is 30.8 Å². The summed E-state index contributed by atoms with van der Waals surface area (Å²) in [6.45, 7) is 0.277. The first-order valence-electron chi connectivity index (χ1n) is 8.54. The van der Waals surface area contributed by atoms with Gasteiger partial charge in [-0.3, -0.25) is 4.68 Å². The van der Waals surface area contributed by atoms with Gasteiger partial charge in [-0.15, -0.1) is 20.4 Å². The SMILES string of the molecule is Cn1cc(COc2nn3c(-c4cc(Cl)on4)nnc3cc2C2CCC2)nn1. The second-order valence-corrected chi connectivity index (χ2v) is 6.89. The standard InChI is InChI=1S/C16H15ClN8O2/c1-24-7-10(18-23-24)8-26-16-11(9-3-2-4-9)5-14-19-20-15(25(14)21-16)12-6-13(17)27-22-12/h5-7,9H,2-4,8H2,1H3. The second kappa shape index (κ2) is 6.31. The predicted molar refractivity (Wildman–Crippen MR) is 93.2 cm³/mol. The molecule has 10 nitrogen and oxygen atoms in total. The van der Waals surface area contributed by atoms with Crippen LogP contribution in [0.1, 0.15) is 36.4 Å². The number of fused-ring (bicyclic) bond motifs is 1. The smallest absolute Gasteiger partial charge is 0.235 e. The van der Waals surface area contributed by atoms with Crippen LogP contribution < -0.4 is 4.74 Å². The van der Waals surface area contributed by atoms with Crippen molar-refractivity contribution in [1.29, 1.82) is 0 Å². The van der Waals surface area contributed by atoms with Gasteiger partial charge in [-0.25, -0.2) is 0 Å².